The minimum Gasteiger partial charge on any atom is -0.458 e. The summed E-state index contributed by atoms with van der Waals surface area (Å²) in [5.74, 6) is -2.36. The quantitative estimate of drug-likeness (QED) is 0.0295. The summed E-state index contributed by atoms with van der Waals surface area (Å²) in [6.45, 7) is 15.2. The number of aromatic nitrogens is 2. The molecular weight excluding hydrogens is 1000 g/mol. The van der Waals surface area contributed by atoms with Gasteiger partial charge in [0, 0.05) is 22.7 Å². The standard InChI is InChI=1S/C32H30N2O5.C31H28N2O5S/c1-4-17-38-30(36)23-15-16-33-24(18-23)19-25-26-20-32(2,3)28(34(26)29(25)35)31(37)39-27(21-11-7-5-8-12-21)22-13-9-6-10-14-22;1-4-17-37-29(35)22-15-16-32-23(18-22)19-24-27(34)33-26(31(2,3)39-28(24)33)30(36)38-25(20-11-7-5-8-12-20)21-13-9-6-10-14-21/h4-16,18-19,26-28H,1,17,20H2,2-3H3;4-16,18-19,25-26,28H,1,17H2,2-3H3/b25-19+;24-19-/t26?,28-;26-,28?/m00/s1. The maximum Gasteiger partial charge on any atom is 0.338 e. The smallest absolute Gasteiger partial charge is 0.338 e. The van der Waals surface area contributed by atoms with Gasteiger partial charge in [0.05, 0.1) is 34.1 Å². The number of β-lactam (4-membered cyclic amide) rings is 2. The molecular formula is C63H58N4O10S. The van der Waals surface area contributed by atoms with Gasteiger partial charge < -0.3 is 28.7 Å². The van der Waals surface area contributed by atoms with Crippen molar-refractivity contribution in [3.63, 3.8) is 0 Å². The lowest BCUT2D eigenvalue weighted by atomic mass is 9.83. The van der Waals surface area contributed by atoms with Crippen LogP contribution in [0, 0.1) is 5.41 Å². The van der Waals surface area contributed by atoms with Crippen molar-refractivity contribution in [1.29, 1.82) is 0 Å². The molecule has 4 fully saturated rings. The number of pyridine rings is 2. The number of esters is 4. The van der Waals surface area contributed by atoms with Gasteiger partial charge in [0.15, 0.2) is 12.2 Å². The van der Waals surface area contributed by atoms with Crippen LogP contribution >= 0.6 is 11.8 Å². The van der Waals surface area contributed by atoms with Crippen LogP contribution in [0.2, 0.25) is 0 Å². The molecule has 4 aliphatic rings. The first-order chi connectivity index (χ1) is 37.6. The minimum absolute atomic E-state index is 0.103. The van der Waals surface area contributed by atoms with E-state index in [-0.39, 0.29) is 36.4 Å². The number of hydrogen-bond acceptors (Lipinski definition) is 13. The Balaban J connectivity index is 0.000000190. The summed E-state index contributed by atoms with van der Waals surface area (Å²) >= 11 is 1.53. The Morgan fingerprint density at radius 1 is 0.590 bits per heavy atom. The molecule has 4 aromatic carbocycles. The molecule has 78 heavy (non-hydrogen) atoms. The number of carbonyl (C=O) groups excluding carboxylic acids is 6. The summed E-state index contributed by atoms with van der Waals surface area (Å²) in [5.41, 5.74) is 5.60. The van der Waals surface area contributed by atoms with E-state index in [9.17, 15) is 28.8 Å². The van der Waals surface area contributed by atoms with Gasteiger partial charge in [-0.3, -0.25) is 19.6 Å². The second-order valence-electron chi connectivity index (χ2n) is 20.2. The van der Waals surface area contributed by atoms with Crippen molar-refractivity contribution >= 4 is 59.6 Å². The fourth-order valence-corrected chi connectivity index (χ4v) is 11.8. The van der Waals surface area contributed by atoms with Crippen molar-refractivity contribution in [2.75, 3.05) is 13.2 Å². The molecule has 6 aromatic rings. The zero-order chi connectivity index (χ0) is 55.1. The van der Waals surface area contributed by atoms with Gasteiger partial charge in [0.1, 0.15) is 30.7 Å². The fraction of sp³-hybridized carbons (Fsp3) is 0.238. The lowest BCUT2D eigenvalue weighted by Crippen LogP contribution is -2.58. The zero-order valence-corrected chi connectivity index (χ0v) is 44.4. The summed E-state index contributed by atoms with van der Waals surface area (Å²) in [5, 5.41) is -0.324. The van der Waals surface area contributed by atoms with E-state index >= 15 is 0 Å². The number of benzene rings is 4. The lowest BCUT2D eigenvalue weighted by molar-refractivity contribution is -0.162. The number of hydrogen-bond donors (Lipinski definition) is 0. The molecule has 0 N–H and O–H groups in total. The number of amides is 2. The highest BCUT2D eigenvalue weighted by Gasteiger charge is 2.63. The predicted molar refractivity (Wildman–Crippen MR) is 296 cm³/mol. The maximum absolute atomic E-state index is 13.7. The van der Waals surface area contributed by atoms with Gasteiger partial charge in [-0.05, 0) is 84.4 Å². The van der Waals surface area contributed by atoms with Crippen molar-refractivity contribution in [2.45, 2.75) is 74.6 Å². The van der Waals surface area contributed by atoms with Crippen LogP contribution in [0.3, 0.4) is 0 Å². The van der Waals surface area contributed by atoms with Gasteiger partial charge in [-0.15, -0.1) is 11.8 Å². The third kappa shape index (κ3) is 11.4. The van der Waals surface area contributed by atoms with Crippen molar-refractivity contribution < 1.29 is 47.7 Å². The fourth-order valence-electron chi connectivity index (χ4n) is 10.2. The average molecular weight is 1060 g/mol. The number of nitrogens with zero attached hydrogens (tertiary/aromatic N) is 4. The first-order valence-electron chi connectivity index (χ1n) is 25.5. The van der Waals surface area contributed by atoms with Crippen molar-refractivity contribution in [2.24, 2.45) is 5.41 Å². The van der Waals surface area contributed by atoms with E-state index in [1.807, 2.05) is 149 Å². The van der Waals surface area contributed by atoms with Gasteiger partial charge in [-0.2, -0.15) is 0 Å². The Labute approximate surface area is 457 Å². The Morgan fingerprint density at radius 2 is 0.987 bits per heavy atom. The molecule has 2 unspecified atom stereocenters. The molecule has 15 heteroatoms. The van der Waals surface area contributed by atoms with Crippen LogP contribution in [-0.2, 0) is 38.1 Å². The molecule has 2 amide bonds. The molecule has 0 radical (unpaired) electrons. The highest BCUT2D eigenvalue weighted by molar-refractivity contribution is 8.02. The van der Waals surface area contributed by atoms with Gasteiger partial charge in [-0.25, -0.2) is 19.2 Å². The topological polar surface area (TPSA) is 172 Å². The van der Waals surface area contributed by atoms with Gasteiger partial charge in [0.25, 0.3) is 11.8 Å². The molecule has 14 nitrogen and oxygen atoms in total. The van der Waals surface area contributed by atoms with Crippen LogP contribution in [-0.4, -0.2) is 96.9 Å². The maximum atomic E-state index is 13.7. The molecule has 4 aliphatic heterocycles. The molecule has 10 rings (SSSR count). The first kappa shape index (κ1) is 54.1. The third-order valence-electron chi connectivity index (χ3n) is 13.9. The normalized spacial score (nSPS) is 20.3. The summed E-state index contributed by atoms with van der Waals surface area (Å²) in [4.78, 5) is 90.4. The van der Waals surface area contributed by atoms with E-state index in [0.717, 1.165) is 22.3 Å². The summed E-state index contributed by atoms with van der Waals surface area (Å²) in [6.07, 6.45) is 8.76. The van der Waals surface area contributed by atoms with E-state index in [1.165, 1.54) is 36.3 Å². The number of carbonyl (C=O) groups is 6. The summed E-state index contributed by atoms with van der Waals surface area (Å²) in [7, 11) is 0. The molecule has 4 saturated heterocycles. The molecule has 2 aromatic heterocycles. The summed E-state index contributed by atoms with van der Waals surface area (Å²) in [6, 6.07) is 42.9. The lowest BCUT2D eigenvalue weighted by Gasteiger charge is -2.41. The second kappa shape index (κ2) is 23.3. The molecule has 0 saturated carbocycles. The number of thioether (sulfide) groups is 1. The van der Waals surface area contributed by atoms with Gasteiger partial charge in [-0.1, -0.05) is 160 Å². The highest BCUT2D eigenvalue weighted by Crippen LogP contribution is 2.54. The monoisotopic (exact) mass is 1060 g/mol. The van der Waals surface area contributed by atoms with E-state index in [1.54, 1.807) is 46.2 Å². The minimum atomic E-state index is -0.764. The molecule has 0 aliphatic carbocycles. The van der Waals surface area contributed by atoms with Crippen LogP contribution in [0.15, 0.2) is 194 Å². The molecule has 0 bridgehead atoms. The van der Waals surface area contributed by atoms with Crippen LogP contribution in [0.1, 0.15) is 101 Å². The number of ether oxygens (including phenoxy) is 4. The van der Waals surface area contributed by atoms with E-state index in [4.69, 9.17) is 18.9 Å². The Bertz CT molecular complexity index is 3010. The number of rotatable bonds is 16. The highest BCUT2D eigenvalue weighted by atomic mass is 32.2. The van der Waals surface area contributed by atoms with Gasteiger partial charge >= 0.3 is 23.9 Å². The Hall–Kier alpha value is -8.69. The van der Waals surface area contributed by atoms with Crippen LogP contribution in [0.5, 0.6) is 0 Å². The van der Waals surface area contributed by atoms with Crippen LogP contribution in [0.4, 0.5) is 0 Å². The van der Waals surface area contributed by atoms with Crippen molar-refractivity contribution in [1.82, 2.24) is 19.8 Å². The Kier molecular flexibility index (Phi) is 16.1. The SMILES string of the molecule is C=CCOC(=O)c1ccnc(/C=C2/C(=O)N3C2CC(C)(C)[C@@H]3C(=O)OC(c2ccccc2)c2ccccc2)c1.C=CCOC(=O)c1ccnc(/C=C2/C(=O)N3C2SC(C)(C)[C@@H]3C(=O)OC(c2ccccc2)c2ccccc2)c1. The molecule has 6 heterocycles. The average Bonchev–Trinajstić information content (AvgIpc) is 4.05. The number of fused-ring (bicyclic) bond motifs is 2. The van der Waals surface area contributed by atoms with Gasteiger partial charge in [0.2, 0.25) is 0 Å². The predicted octanol–water partition coefficient (Wildman–Crippen LogP) is 10.4. The van der Waals surface area contributed by atoms with Crippen molar-refractivity contribution in [3.8, 4) is 0 Å². The second-order valence-corrected chi connectivity index (χ2v) is 21.9. The van der Waals surface area contributed by atoms with E-state index in [0.29, 0.717) is 40.1 Å². The Morgan fingerprint density at radius 3 is 1.41 bits per heavy atom. The molecule has 396 valence electrons. The van der Waals surface area contributed by atoms with Crippen LogP contribution in [0.25, 0.3) is 12.2 Å². The summed E-state index contributed by atoms with van der Waals surface area (Å²) < 4.78 is 21.9. The largest absolute Gasteiger partial charge is 0.458 e. The van der Waals surface area contributed by atoms with E-state index in [2.05, 4.69) is 23.1 Å². The first-order valence-corrected chi connectivity index (χ1v) is 26.3. The molecule has 4 atom stereocenters. The third-order valence-corrected chi connectivity index (χ3v) is 15.4. The van der Waals surface area contributed by atoms with Crippen LogP contribution < -0.4 is 0 Å². The van der Waals surface area contributed by atoms with E-state index < -0.39 is 58.3 Å². The molecule has 0 spiro atoms. The zero-order valence-electron chi connectivity index (χ0n) is 43.6. The van der Waals surface area contributed by atoms with Crippen molar-refractivity contribution in [3.05, 3.63) is 239 Å².